The van der Waals surface area contributed by atoms with Gasteiger partial charge in [-0.1, -0.05) is 0 Å². The van der Waals surface area contributed by atoms with E-state index in [1.54, 1.807) is 32.9 Å². The predicted octanol–water partition coefficient (Wildman–Crippen LogP) is 2.26. The number of hydrogen-bond acceptors (Lipinski definition) is 6. The number of methoxy groups -OCH3 is 2. The molecule has 1 aliphatic heterocycles. The summed E-state index contributed by atoms with van der Waals surface area (Å²) in [6, 6.07) is 4.00. The van der Waals surface area contributed by atoms with Crippen LogP contribution in [0.1, 0.15) is 16.8 Å². The molecule has 1 aliphatic rings. The quantitative estimate of drug-likeness (QED) is 0.624. The molecule has 2 heterocycles. The van der Waals surface area contributed by atoms with E-state index in [2.05, 4.69) is 5.10 Å². The van der Waals surface area contributed by atoms with Crippen LogP contribution in [0.25, 0.3) is 0 Å². The second-order valence-corrected chi connectivity index (χ2v) is 6.10. The average molecular weight is 346 g/mol. The van der Waals surface area contributed by atoms with Crippen LogP contribution in [0.5, 0.6) is 11.5 Å². The van der Waals surface area contributed by atoms with E-state index >= 15 is 0 Å². The zero-order chi connectivity index (χ0) is 18.1. The van der Waals surface area contributed by atoms with Crippen LogP contribution in [0, 0.1) is 17.0 Å². The van der Waals surface area contributed by atoms with Gasteiger partial charge in [0.2, 0.25) is 5.82 Å². The SMILES string of the molecule is COc1cc2c(cc1OC)CCN(c1c([N+](=O)[O-])c(C)nn1C)CC2. The number of nitro groups is 1. The Morgan fingerprint density at radius 3 is 2.08 bits per heavy atom. The molecule has 0 saturated heterocycles. The number of benzene rings is 1. The number of nitrogens with zero attached hydrogens (tertiary/aromatic N) is 4. The van der Waals surface area contributed by atoms with E-state index in [9.17, 15) is 10.1 Å². The first-order valence-corrected chi connectivity index (χ1v) is 8.13. The van der Waals surface area contributed by atoms with Crippen molar-refractivity contribution in [3.05, 3.63) is 39.1 Å². The number of aryl methyl sites for hydroxylation is 2. The number of rotatable bonds is 4. The molecular formula is C17H22N4O4. The summed E-state index contributed by atoms with van der Waals surface area (Å²) in [6.07, 6.45) is 1.55. The number of aromatic nitrogens is 2. The normalized spacial score (nSPS) is 14.0. The van der Waals surface area contributed by atoms with Gasteiger partial charge in [0.15, 0.2) is 11.5 Å². The predicted molar refractivity (Wildman–Crippen MR) is 93.8 cm³/mol. The Morgan fingerprint density at radius 1 is 1.12 bits per heavy atom. The summed E-state index contributed by atoms with van der Waals surface area (Å²) in [7, 11) is 4.99. The average Bonchev–Trinajstić information content (AvgIpc) is 2.76. The van der Waals surface area contributed by atoms with Crippen LogP contribution in [-0.4, -0.2) is 42.0 Å². The fraction of sp³-hybridized carbons (Fsp3) is 0.471. The summed E-state index contributed by atoms with van der Waals surface area (Å²) < 4.78 is 12.4. The Labute approximate surface area is 146 Å². The number of fused-ring (bicyclic) bond motifs is 1. The van der Waals surface area contributed by atoms with Crippen LogP contribution in [-0.2, 0) is 19.9 Å². The van der Waals surface area contributed by atoms with E-state index in [0.717, 1.165) is 12.8 Å². The lowest BCUT2D eigenvalue weighted by molar-refractivity contribution is -0.384. The van der Waals surface area contributed by atoms with E-state index in [4.69, 9.17) is 9.47 Å². The Balaban J connectivity index is 1.94. The second-order valence-electron chi connectivity index (χ2n) is 6.10. The molecule has 25 heavy (non-hydrogen) atoms. The van der Waals surface area contributed by atoms with Crippen molar-refractivity contribution >= 4 is 11.5 Å². The van der Waals surface area contributed by atoms with Crippen molar-refractivity contribution in [2.24, 2.45) is 7.05 Å². The van der Waals surface area contributed by atoms with Gasteiger partial charge in [0.1, 0.15) is 5.69 Å². The van der Waals surface area contributed by atoms with Gasteiger partial charge in [0, 0.05) is 20.1 Å². The van der Waals surface area contributed by atoms with Gasteiger partial charge in [-0.2, -0.15) is 5.10 Å². The third kappa shape index (κ3) is 2.99. The molecule has 0 bridgehead atoms. The van der Waals surface area contributed by atoms with Crippen molar-refractivity contribution in [1.82, 2.24) is 9.78 Å². The van der Waals surface area contributed by atoms with Crippen molar-refractivity contribution < 1.29 is 14.4 Å². The van der Waals surface area contributed by atoms with E-state index in [-0.39, 0.29) is 10.6 Å². The molecule has 8 heteroatoms. The first-order valence-electron chi connectivity index (χ1n) is 8.13. The molecule has 3 rings (SSSR count). The minimum Gasteiger partial charge on any atom is -0.493 e. The van der Waals surface area contributed by atoms with Gasteiger partial charge < -0.3 is 14.4 Å². The smallest absolute Gasteiger partial charge is 0.333 e. The lowest BCUT2D eigenvalue weighted by Crippen LogP contribution is -2.28. The fourth-order valence-electron chi connectivity index (χ4n) is 3.47. The Kier molecular flexibility index (Phi) is 4.52. The maximum Gasteiger partial charge on any atom is 0.333 e. The van der Waals surface area contributed by atoms with Crippen molar-refractivity contribution in [3.63, 3.8) is 0 Å². The summed E-state index contributed by atoms with van der Waals surface area (Å²) in [5, 5.41) is 15.7. The van der Waals surface area contributed by atoms with E-state index in [1.807, 2.05) is 17.0 Å². The molecule has 0 saturated carbocycles. The molecule has 1 aromatic carbocycles. The highest BCUT2D eigenvalue weighted by Gasteiger charge is 2.29. The summed E-state index contributed by atoms with van der Waals surface area (Å²) in [6.45, 7) is 3.04. The summed E-state index contributed by atoms with van der Waals surface area (Å²) in [4.78, 5) is 13.2. The van der Waals surface area contributed by atoms with E-state index in [1.165, 1.54) is 11.1 Å². The van der Waals surface area contributed by atoms with E-state index < -0.39 is 0 Å². The van der Waals surface area contributed by atoms with Crippen LogP contribution < -0.4 is 14.4 Å². The molecule has 0 atom stereocenters. The van der Waals surface area contributed by atoms with Crippen molar-refractivity contribution in [2.45, 2.75) is 19.8 Å². The van der Waals surface area contributed by atoms with Gasteiger partial charge >= 0.3 is 5.69 Å². The molecule has 0 radical (unpaired) electrons. The van der Waals surface area contributed by atoms with Gasteiger partial charge in [-0.25, -0.2) is 4.68 Å². The zero-order valence-electron chi connectivity index (χ0n) is 14.9. The fourth-order valence-corrected chi connectivity index (χ4v) is 3.47. The van der Waals surface area contributed by atoms with Crippen LogP contribution in [0.15, 0.2) is 12.1 Å². The zero-order valence-corrected chi connectivity index (χ0v) is 14.9. The van der Waals surface area contributed by atoms with Crippen molar-refractivity contribution in [1.29, 1.82) is 0 Å². The molecule has 1 aromatic heterocycles. The second kappa shape index (κ2) is 6.62. The van der Waals surface area contributed by atoms with Gasteiger partial charge in [0.25, 0.3) is 0 Å². The summed E-state index contributed by atoms with van der Waals surface area (Å²) in [5.41, 5.74) is 2.89. The van der Waals surface area contributed by atoms with Crippen LogP contribution >= 0.6 is 0 Å². The molecule has 0 unspecified atom stereocenters. The molecule has 0 fully saturated rings. The monoisotopic (exact) mass is 346 g/mol. The van der Waals surface area contributed by atoms with Crippen LogP contribution in [0.3, 0.4) is 0 Å². The third-order valence-corrected chi connectivity index (χ3v) is 4.65. The molecule has 0 spiro atoms. The summed E-state index contributed by atoms with van der Waals surface area (Å²) in [5.74, 6) is 1.98. The maximum atomic E-state index is 11.5. The lowest BCUT2D eigenvalue weighted by atomic mass is 10.0. The van der Waals surface area contributed by atoms with Gasteiger partial charge in [-0.15, -0.1) is 0 Å². The maximum absolute atomic E-state index is 11.5. The minimum absolute atomic E-state index is 0.0867. The third-order valence-electron chi connectivity index (χ3n) is 4.65. The lowest BCUT2D eigenvalue weighted by Gasteiger charge is -2.21. The number of anilines is 1. The number of ether oxygens (including phenoxy) is 2. The highest BCUT2D eigenvalue weighted by Crippen LogP contribution is 2.35. The van der Waals surface area contributed by atoms with Gasteiger partial charge in [-0.3, -0.25) is 10.1 Å². The molecule has 0 amide bonds. The molecular weight excluding hydrogens is 324 g/mol. The Morgan fingerprint density at radius 2 is 1.64 bits per heavy atom. The standard InChI is InChI=1S/C17H22N4O4/c1-11-16(21(22)23)17(19(2)18-11)20-7-5-12-9-14(24-3)15(25-4)10-13(12)6-8-20/h9-10H,5-8H2,1-4H3. The summed E-state index contributed by atoms with van der Waals surface area (Å²) >= 11 is 0. The molecule has 134 valence electrons. The van der Waals surface area contributed by atoms with Crippen molar-refractivity contribution in [3.8, 4) is 11.5 Å². The van der Waals surface area contributed by atoms with Crippen LogP contribution in [0.2, 0.25) is 0 Å². The highest BCUT2D eigenvalue weighted by molar-refractivity contribution is 5.62. The van der Waals surface area contributed by atoms with Gasteiger partial charge in [-0.05, 0) is 43.0 Å². The Bertz CT molecular complexity index is 780. The topological polar surface area (TPSA) is 82.7 Å². The molecule has 2 aromatic rings. The van der Waals surface area contributed by atoms with Gasteiger partial charge in [0.05, 0.1) is 19.1 Å². The minimum atomic E-state index is -0.345. The molecule has 0 N–H and O–H groups in total. The Hall–Kier alpha value is -2.77. The molecule has 0 aliphatic carbocycles. The van der Waals surface area contributed by atoms with E-state index in [0.29, 0.717) is 36.1 Å². The first-order chi connectivity index (χ1) is 12.0. The molecule has 8 nitrogen and oxygen atoms in total. The van der Waals surface area contributed by atoms with Crippen LogP contribution in [0.4, 0.5) is 11.5 Å². The largest absolute Gasteiger partial charge is 0.493 e. The first kappa shape index (κ1) is 17.1. The van der Waals surface area contributed by atoms with Crippen molar-refractivity contribution in [2.75, 3.05) is 32.2 Å². The highest BCUT2D eigenvalue weighted by atomic mass is 16.6. The number of hydrogen-bond donors (Lipinski definition) is 0.